The molecular formula is C23H23Cl2N5S. The van der Waals surface area contributed by atoms with Gasteiger partial charge in [-0.2, -0.15) is 0 Å². The van der Waals surface area contributed by atoms with Crippen LogP contribution in [0.5, 0.6) is 0 Å². The lowest BCUT2D eigenvalue weighted by Crippen LogP contribution is -2.23. The van der Waals surface area contributed by atoms with Crippen LogP contribution in [0.25, 0.3) is 12.2 Å². The predicted molar refractivity (Wildman–Crippen MR) is 132 cm³/mol. The summed E-state index contributed by atoms with van der Waals surface area (Å²) in [4.78, 5) is 14.2. The van der Waals surface area contributed by atoms with Gasteiger partial charge >= 0.3 is 0 Å². The summed E-state index contributed by atoms with van der Waals surface area (Å²) in [6.45, 7) is 0. The van der Waals surface area contributed by atoms with E-state index in [0.29, 0.717) is 22.0 Å². The van der Waals surface area contributed by atoms with Crippen molar-refractivity contribution in [3.63, 3.8) is 0 Å². The molecule has 3 aromatic rings. The predicted octanol–water partition coefficient (Wildman–Crippen LogP) is 7.21. The minimum absolute atomic E-state index is 0.501. The molecule has 2 N–H and O–H groups in total. The third-order valence-electron chi connectivity index (χ3n) is 5.05. The maximum Gasteiger partial charge on any atom is 0.222 e. The first-order valence-electron chi connectivity index (χ1n) is 10.3. The van der Waals surface area contributed by atoms with Crippen molar-refractivity contribution in [3.05, 3.63) is 70.1 Å². The summed E-state index contributed by atoms with van der Waals surface area (Å²) in [7, 11) is 0. The smallest absolute Gasteiger partial charge is 0.222 e. The molecule has 160 valence electrons. The molecule has 0 radical (unpaired) electrons. The second-order valence-corrected chi connectivity index (χ2v) is 9.02. The standard InChI is InChI=1S/C23H23Cl2N5S/c24-19-7-4-8-20(22(19)25)31-30-21-12-11-16(13-26-21)9-10-17-14-27-23(28-15-17)29-18-5-2-1-3-6-18/h4,7-15,18H,1-3,5-6H2,(H,26,30)(H,27,28,29)/b10-9+. The molecule has 0 unspecified atom stereocenters. The molecule has 0 bridgehead atoms. The molecule has 1 saturated carbocycles. The number of hydrogen-bond donors (Lipinski definition) is 2. The van der Waals surface area contributed by atoms with E-state index in [4.69, 9.17) is 23.2 Å². The van der Waals surface area contributed by atoms with E-state index in [2.05, 4.69) is 25.0 Å². The Balaban J connectivity index is 1.30. The molecule has 1 aliphatic carbocycles. The zero-order chi connectivity index (χ0) is 21.5. The number of anilines is 2. The van der Waals surface area contributed by atoms with E-state index in [-0.39, 0.29) is 0 Å². The molecule has 1 aromatic carbocycles. The fourth-order valence-corrected chi connectivity index (χ4v) is 4.51. The van der Waals surface area contributed by atoms with E-state index in [9.17, 15) is 0 Å². The van der Waals surface area contributed by atoms with E-state index in [1.807, 2.05) is 48.8 Å². The van der Waals surface area contributed by atoms with Gasteiger partial charge in [-0.15, -0.1) is 0 Å². The van der Waals surface area contributed by atoms with Gasteiger partial charge < -0.3 is 10.0 Å². The molecule has 8 heteroatoms. The van der Waals surface area contributed by atoms with Crippen molar-refractivity contribution >= 4 is 59.1 Å². The van der Waals surface area contributed by atoms with E-state index < -0.39 is 0 Å². The van der Waals surface area contributed by atoms with Gasteiger partial charge in [-0.1, -0.05) is 60.7 Å². The first-order chi connectivity index (χ1) is 15.2. The van der Waals surface area contributed by atoms with Crippen LogP contribution in [0, 0.1) is 0 Å². The van der Waals surface area contributed by atoms with Crippen LogP contribution in [0.15, 0.2) is 53.8 Å². The SMILES string of the molecule is Clc1cccc(SNc2ccc(/C=C/c3cnc(NC4CCCCC4)nc3)cn2)c1Cl. The first kappa shape index (κ1) is 21.9. The molecule has 31 heavy (non-hydrogen) atoms. The van der Waals surface area contributed by atoms with Gasteiger partial charge in [0.15, 0.2) is 0 Å². The monoisotopic (exact) mass is 471 g/mol. The quantitative estimate of drug-likeness (QED) is 0.354. The van der Waals surface area contributed by atoms with Crippen molar-refractivity contribution in [1.29, 1.82) is 0 Å². The largest absolute Gasteiger partial charge is 0.351 e. The highest BCUT2D eigenvalue weighted by Gasteiger charge is 2.13. The highest BCUT2D eigenvalue weighted by molar-refractivity contribution is 8.00. The maximum absolute atomic E-state index is 6.21. The lowest BCUT2D eigenvalue weighted by molar-refractivity contribution is 0.461. The summed E-state index contributed by atoms with van der Waals surface area (Å²) >= 11 is 13.6. The Morgan fingerprint density at radius 1 is 0.871 bits per heavy atom. The lowest BCUT2D eigenvalue weighted by Gasteiger charge is -2.22. The average molecular weight is 472 g/mol. The van der Waals surface area contributed by atoms with Crippen LogP contribution in [-0.4, -0.2) is 21.0 Å². The molecule has 4 rings (SSSR count). The average Bonchev–Trinajstić information content (AvgIpc) is 2.81. The summed E-state index contributed by atoms with van der Waals surface area (Å²) < 4.78 is 3.18. The Bertz CT molecular complexity index is 1020. The van der Waals surface area contributed by atoms with E-state index in [0.717, 1.165) is 21.8 Å². The minimum Gasteiger partial charge on any atom is -0.351 e. The Kier molecular flexibility index (Phi) is 7.67. The van der Waals surface area contributed by atoms with Crippen molar-refractivity contribution < 1.29 is 0 Å². The number of pyridine rings is 1. The zero-order valence-corrected chi connectivity index (χ0v) is 19.2. The number of nitrogens with zero attached hydrogens (tertiary/aromatic N) is 3. The number of halogens is 2. The second kappa shape index (κ2) is 10.8. The van der Waals surface area contributed by atoms with Crippen molar-refractivity contribution in [1.82, 2.24) is 15.0 Å². The molecule has 0 spiro atoms. The van der Waals surface area contributed by atoms with E-state index in [1.165, 1.54) is 44.1 Å². The van der Waals surface area contributed by atoms with Crippen molar-refractivity contribution in [3.8, 4) is 0 Å². The number of nitrogens with one attached hydrogen (secondary N) is 2. The molecule has 0 atom stereocenters. The van der Waals surface area contributed by atoms with Crippen LogP contribution in [0.3, 0.4) is 0 Å². The Morgan fingerprint density at radius 2 is 1.61 bits per heavy atom. The zero-order valence-electron chi connectivity index (χ0n) is 16.9. The van der Waals surface area contributed by atoms with E-state index >= 15 is 0 Å². The fraction of sp³-hybridized carbons (Fsp3) is 0.261. The summed E-state index contributed by atoms with van der Waals surface area (Å²) in [5.41, 5.74) is 1.93. The Hall–Kier alpha value is -2.28. The summed E-state index contributed by atoms with van der Waals surface area (Å²) in [5.74, 6) is 1.44. The number of rotatable bonds is 7. The van der Waals surface area contributed by atoms with Gasteiger partial charge in [0.2, 0.25) is 5.95 Å². The second-order valence-electron chi connectivity index (χ2n) is 7.39. The highest BCUT2D eigenvalue weighted by atomic mass is 35.5. The molecule has 1 fully saturated rings. The molecule has 0 amide bonds. The molecule has 0 saturated heterocycles. The van der Waals surface area contributed by atoms with Crippen molar-refractivity contribution in [2.45, 2.75) is 43.0 Å². The van der Waals surface area contributed by atoms with Gasteiger partial charge in [0.05, 0.1) is 10.0 Å². The number of aromatic nitrogens is 3. The van der Waals surface area contributed by atoms with Gasteiger partial charge in [0.25, 0.3) is 0 Å². The van der Waals surface area contributed by atoms with Crippen molar-refractivity contribution in [2.24, 2.45) is 0 Å². The van der Waals surface area contributed by atoms with Crippen LogP contribution in [-0.2, 0) is 0 Å². The summed E-state index contributed by atoms with van der Waals surface area (Å²) in [6.07, 6.45) is 15.8. The third-order valence-corrected chi connectivity index (χ3v) is 6.85. The number of benzene rings is 1. The van der Waals surface area contributed by atoms with Crippen molar-refractivity contribution in [2.75, 3.05) is 10.0 Å². The lowest BCUT2D eigenvalue weighted by atomic mass is 9.96. The minimum atomic E-state index is 0.501. The van der Waals surface area contributed by atoms with Gasteiger partial charge in [-0.25, -0.2) is 15.0 Å². The molecular weight excluding hydrogens is 449 g/mol. The first-order valence-corrected chi connectivity index (χ1v) is 11.8. The molecule has 5 nitrogen and oxygen atoms in total. The molecule has 2 aromatic heterocycles. The van der Waals surface area contributed by atoms with Gasteiger partial charge in [-0.3, -0.25) is 0 Å². The Morgan fingerprint density at radius 3 is 2.35 bits per heavy atom. The van der Waals surface area contributed by atoms with Crippen LogP contribution in [0.1, 0.15) is 43.2 Å². The Labute approximate surface area is 196 Å². The van der Waals surface area contributed by atoms with Crippen LogP contribution < -0.4 is 10.0 Å². The topological polar surface area (TPSA) is 62.7 Å². The van der Waals surface area contributed by atoms with Gasteiger partial charge in [0.1, 0.15) is 5.82 Å². The highest BCUT2D eigenvalue weighted by Crippen LogP contribution is 2.33. The van der Waals surface area contributed by atoms with Crippen LogP contribution in [0.4, 0.5) is 11.8 Å². The summed E-state index contributed by atoms with van der Waals surface area (Å²) in [6, 6.07) is 9.94. The van der Waals surface area contributed by atoms with E-state index in [1.54, 1.807) is 12.3 Å². The third kappa shape index (κ3) is 6.35. The van der Waals surface area contributed by atoms with Gasteiger partial charge in [0, 0.05) is 35.1 Å². The molecule has 0 aliphatic heterocycles. The van der Waals surface area contributed by atoms with Crippen LogP contribution >= 0.6 is 35.1 Å². The molecule has 2 heterocycles. The normalized spacial score (nSPS) is 14.6. The summed E-state index contributed by atoms with van der Waals surface area (Å²) in [5, 5.41) is 4.50. The van der Waals surface area contributed by atoms with Crippen LogP contribution in [0.2, 0.25) is 10.0 Å². The maximum atomic E-state index is 6.21. The fourth-order valence-electron chi connectivity index (χ4n) is 3.35. The molecule has 1 aliphatic rings. The number of hydrogen-bond acceptors (Lipinski definition) is 6. The van der Waals surface area contributed by atoms with Gasteiger partial charge in [-0.05, 0) is 54.6 Å².